The van der Waals surface area contributed by atoms with Gasteiger partial charge in [-0.15, -0.1) is 4.98 Å². The van der Waals surface area contributed by atoms with Gasteiger partial charge in [-0.2, -0.15) is 9.97 Å². The summed E-state index contributed by atoms with van der Waals surface area (Å²) in [5, 5.41) is 2.84. The van der Waals surface area contributed by atoms with E-state index in [4.69, 9.17) is 9.47 Å². The summed E-state index contributed by atoms with van der Waals surface area (Å²) in [6, 6.07) is 0.567. The molecule has 6 nitrogen and oxygen atoms in total. The smallest absolute Gasteiger partial charge is 0.324 e. The largest absolute Gasteiger partial charge is 0.463 e. The van der Waals surface area contributed by atoms with Gasteiger partial charge < -0.3 is 14.8 Å². The summed E-state index contributed by atoms with van der Waals surface area (Å²) in [6.45, 7) is 6.42. The van der Waals surface area contributed by atoms with Crippen LogP contribution in [-0.2, 0) is 0 Å². The fourth-order valence-corrected chi connectivity index (χ4v) is 0.971. The molecule has 90 valence electrons. The summed E-state index contributed by atoms with van der Waals surface area (Å²) in [5.41, 5.74) is 0. The van der Waals surface area contributed by atoms with Gasteiger partial charge in [0.1, 0.15) is 0 Å². The van der Waals surface area contributed by atoms with E-state index in [1.807, 2.05) is 20.8 Å². The molecule has 0 fully saturated rings. The minimum absolute atomic E-state index is 0.0196. The second kappa shape index (κ2) is 6.09. The Bertz CT molecular complexity index is 331. The zero-order valence-electron chi connectivity index (χ0n) is 10.1. The molecule has 6 heteroatoms. The first-order valence-electron chi connectivity index (χ1n) is 5.39. The molecular weight excluding hydrogens is 208 g/mol. The van der Waals surface area contributed by atoms with Gasteiger partial charge in [0, 0.05) is 7.05 Å². The topological polar surface area (TPSA) is 69.2 Å². The van der Waals surface area contributed by atoms with Gasteiger partial charge in [-0.1, -0.05) is 6.92 Å². The molecule has 0 radical (unpaired) electrons. The van der Waals surface area contributed by atoms with Crippen LogP contribution in [0.2, 0.25) is 0 Å². The van der Waals surface area contributed by atoms with Crippen LogP contribution in [0.4, 0.5) is 5.95 Å². The Labute approximate surface area is 95.4 Å². The molecule has 0 bridgehead atoms. The number of aromatic nitrogens is 3. The minimum atomic E-state index is 0.0196. The van der Waals surface area contributed by atoms with Gasteiger partial charge in [0.05, 0.1) is 12.7 Å². The summed E-state index contributed by atoms with van der Waals surface area (Å²) in [5.74, 6) is 0.441. The van der Waals surface area contributed by atoms with Crippen molar-refractivity contribution in [2.75, 3.05) is 19.0 Å². The maximum Gasteiger partial charge on any atom is 0.324 e. The average Bonchev–Trinajstić information content (AvgIpc) is 2.25. The number of hydrogen-bond acceptors (Lipinski definition) is 6. The number of rotatable bonds is 6. The number of ether oxygens (including phenoxy) is 2. The van der Waals surface area contributed by atoms with Crippen molar-refractivity contribution in [2.24, 2.45) is 0 Å². The van der Waals surface area contributed by atoms with Crippen molar-refractivity contribution in [3.63, 3.8) is 0 Å². The van der Waals surface area contributed by atoms with Crippen molar-refractivity contribution >= 4 is 5.95 Å². The molecule has 1 rings (SSSR count). The molecule has 1 aromatic heterocycles. The Hall–Kier alpha value is -1.59. The van der Waals surface area contributed by atoms with Gasteiger partial charge in [-0.25, -0.2) is 0 Å². The molecule has 0 aliphatic heterocycles. The lowest BCUT2D eigenvalue weighted by Crippen LogP contribution is -2.12. The van der Waals surface area contributed by atoms with Crippen LogP contribution < -0.4 is 14.8 Å². The molecule has 0 aliphatic carbocycles. The summed E-state index contributed by atoms with van der Waals surface area (Å²) in [7, 11) is 1.73. The van der Waals surface area contributed by atoms with Gasteiger partial charge in [-0.3, -0.25) is 0 Å². The van der Waals surface area contributed by atoms with Gasteiger partial charge in [-0.05, 0) is 20.3 Å². The second-order valence-electron chi connectivity index (χ2n) is 3.49. The van der Waals surface area contributed by atoms with E-state index >= 15 is 0 Å². The minimum Gasteiger partial charge on any atom is -0.463 e. The Morgan fingerprint density at radius 3 is 2.44 bits per heavy atom. The SMILES string of the molecule is CCCOc1nc(NC)nc(OC(C)C)n1. The number of nitrogens with zero attached hydrogens (tertiary/aromatic N) is 3. The summed E-state index contributed by atoms with van der Waals surface area (Å²) in [6.07, 6.45) is 0.923. The van der Waals surface area contributed by atoms with E-state index in [9.17, 15) is 0 Å². The third kappa shape index (κ3) is 3.88. The van der Waals surface area contributed by atoms with Crippen LogP contribution in [0.3, 0.4) is 0 Å². The third-order valence-electron chi connectivity index (χ3n) is 1.59. The average molecular weight is 226 g/mol. The Balaban J connectivity index is 2.82. The van der Waals surface area contributed by atoms with E-state index in [0.29, 0.717) is 12.6 Å². The fraction of sp³-hybridized carbons (Fsp3) is 0.700. The highest BCUT2D eigenvalue weighted by molar-refractivity contribution is 5.26. The molecule has 0 aromatic carbocycles. The molecule has 0 saturated heterocycles. The molecule has 0 atom stereocenters. The normalized spacial score (nSPS) is 10.3. The van der Waals surface area contributed by atoms with E-state index in [-0.39, 0.29) is 18.1 Å². The number of hydrogen-bond donors (Lipinski definition) is 1. The summed E-state index contributed by atoms with van der Waals surface area (Å²) in [4.78, 5) is 12.2. The van der Waals surface area contributed by atoms with Crippen LogP contribution in [0.1, 0.15) is 27.2 Å². The maximum atomic E-state index is 5.40. The standard InChI is InChI=1S/C10H18N4O2/c1-5-6-15-9-12-8(11-4)13-10(14-9)16-7(2)3/h7H,5-6H2,1-4H3,(H,11,12,13,14). The van der Waals surface area contributed by atoms with Crippen molar-refractivity contribution in [2.45, 2.75) is 33.3 Å². The lowest BCUT2D eigenvalue weighted by molar-refractivity contribution is 0.213. The van der Waals surface area contributed by atoms with Crippen molar-refractivity contribution in [1.29, 1.82) is 0 Å². The van der Waals surface area contributed by atoms with E-state index < -0.39 is 0 Å². The third-order valence-corrected chi connectivity index (χ3v) is 1.59. The number of anilines is 1. The van der Waals surface area contributed by atoms with Crippen LogP contribution in [0.5, 0.6) is 12.0 Å². The Morgan fingerprint density at radius 2 is 1.88 bits per heavy atom. The molecule has 16 heavy (non-hydrogen) atoms. The molecule has 1 heterocycles. The monoisotopic (exact) mass is 226 g/mol. The lowest BCUT2D eigenvalue weighted by Gasteiger charge is -2.10. The van der Waals surface area contributed by atoms with Gasteiger partial charge in [0.2, 0.25) is 5.95 Å². The van der Waals surface area contributed by atoms with Crippen LogP contribution in [0.25, 0.3) is 0 Å². The fourth-order valence-electron chi connectivity index (χ4n) is 0.971. The quantitative estimate of drug-likeness (QED) is 0.792. The van der Waals surface area contributed by atoms with Crippen LogP contribution in [-0.4, -0.2) is 34.7 Å². The molecule has 0 amide bonds. The molecule has 0 aliphatic rings. The van der Waals surface area contributed by atoms with Crippen LogP contribution in [0, 0.1) is 0 Å². The predicted octanol–water partition coefficient (Wildman–Crippen LogP) is 1.49. The van der Waals surface area contributed by atoms with Crippen molar-refractivity contribution in [3.05, 3.63) is 0 Å². The predicted molar refractivity (Wildman–Crippen MR) is 60.9 cm³/mol. The van der Waals surface area contributed by atoms with Crippen molar-refractivity contribution < 1.29 is 9.47 Å². The highest BCUT2D eigenvalue weighted by atomic mass is 16.5. The molecule has 0 unspecified atom stereocenters. The zero-order chi connectivity index (χ0) is 12.0. The van der Waals surface area contributed by atoms with E-state index in [1.54, 1.807) is 7.05 Å². The van der Waals surface area contributed by atoms with Crippen molar-refractivity contribution in [3.8, 4) is 12.0 Å². The molecule has 0 spiro atoms. The molecule has 1 aromatic rings. The highest BCUT2D eigenvalue weighted by Gasteiger charge is 2.08. The van der Waals surface area contributed by atoms with E-state index in [2.05, 4.69) is 20.3 Å². The van der Waals surface area contributed by atoms with Crippen molar-refractivity contribution in [1.82, 2.24) is 15.0 Å². The second-order valence-corrected chi connectivity index (χ2v) is 3.49. The summed E-state index contributed by atoms with van der Waals surface area (Å²) >= 11 is 0. The Morgan fingerprint density at radius 1 is 1.19 bits per heavy atom. The zero-order valence-corrected chi connectivity index (χ0v) is 10.1. The molecule has 1 N–H and O–H groups in total. The summed E-state index contributed by atoms with van der Waals surface area (Å²) < 4.78 is 10.7. The first-order chi connectivity index (χ1) is 7.65. The lowest BCUT2D eigenvalue weighted by atomic mass is 10.5. The first-order valence-corrected chi connectivity index (χ1v) is 5.39. The van der Waals surface area contributed by atoms with E-state index in [1.165, 1.54) is 0 Å². The first kappa shape index (κ1) is 12.5. The number of nitrogens with one attached hydrogen (secondary N) is 1. The van der Waals surface area contributed by atoms with Crippen LogP contribution >= 0.6 is 0 Å². The molecular formula is C10H18N4O2. The van der Waals surface area contributed by atoms with Crippen LogP contribution in [0.15, 0.2) is 0 Å². The maximum absolute atomic E-state index is 5.40. The van der Waals surface area contributed by atoms with Gasteiger partial charge in [0.25, 0.3) is 0 Å². The highest BCUT2D eigenvalue weighted by Crippen LogP contribution is 2.13. The van der Waals surface area contributed by atoms with Gasteiger partial charge >= 0.3 is 12.0 Å². The molecule has 0 saturated carbocycles. The Kier molecular flexibility index (Phi) is 4.75. The van der Waals surface area contributed by atoms with Gasteiger partial charge in [0.15, 0.2) is 0 Å². The van der Waals surface area contributed by atoms with E-state index in [0.717, 1.165) is 6.42 Å².